The number of aromatic hydroxyl groups is 1. The number of hydrogen-bond acceptors (Lipinski definition) is 9. The van der Waals surface area contributed by atoms with Gasteiger partial charge in [0.1, 0.15) is 5.75 Å². The summed E-state index contributed by atoms with van der Waals surface area (Å²) in [5.41, 5.74) is 1.49. The average Bonchev–Trinajstić information content (AvgIpc) is 3.36. The van der Waals surface area contributed by atoms with Crippen molar-refractivity contribution < 1.29 is 9.52 Å². The van der Waals surface area contributed by atoms with Gasteiger partial charge >= 0.3 is 0 Å². The van der Waals surface area contributed by atoms with Crippen LogP contribution in [0.25, 0.3) is 11.5 Å². The molecule has 10 heteroatoms. The summed E-state index contributed by atoms with van der Waals surface area (Å²) in [5.74, 6) is 1.65. The molecule has 1 N–H and O–H groups in total. The Hall–Kier alpha value is -2.56. The fraction of sp³-hybridized carbons (Fsp3) is 0.0556. The van der Waals surface area contributed by atoms with Gasteiger partial charge in [0.05, 0.1) is 5.75 Å². The lowest BCUT2D eigenvalue weighted by atomic mass is 10.2. The van der Waals surface area contributed by atoms with E-state index in [2.05, 4.69) is 41.3 Å². The molecular formula is C18H12BrN5O2S2. The van der Waals surface area contributed by atoms with Crippen molar-refractivity contribution in [3.8, 4) is 17.2 Å². The third-order valence-electron chi connectivity index (χ3n) is 3.52. The fourth-order valence-corrected chi connectivity index (χ4v) is 3.97. The second kappa shape index (κ2) is 8.63. The molecule has 0 bridgehead atoms. The van der Waals surface area contributed by atoms with Crippen molar-refractivity contribution in [2.24, 2.45) is 4.99 Å². The van der Waals surface area contributed by atoms with E-state index in [0.29, 0.717) is 28.2 Å². The highest BCUT2D eigenvalue weighted by Gasteiger charge is 2.11. The molecule has 0 radical (unpaired) electrons. The summed E-state index contributed by atoms with van der Waals surface area (Å²) in [7, 11) is 0. The lowest BCUT2D eigenvalue weighted by Crippen LogP contribution is -1.80. The van der Waals surface area contributed by atoms with Gasteiger partial charge in [-0.3, -0.25) is 0 Å². The highest BCUT2D eigenvalue weighted by Crippen LogP contribution is 2.30. The van der Waals surface area contributed by atoms with Gasteiger partial charge in [-0.1, -0.05) is 51.2 Å². The van der Waals surface area contributed by atoms with E-state index in [-0.39, 0.29) is 5.75 Å². The first-order valence-electron chi connectivity index (χ1n) is 8.04. The molecule has 140 valence electrons. The molecule has 0 saturated carbocycles. The number of benzene rings is 2. The van der Waals surface area contributed by atoms with E-state index in [4.69, 9.17) is 4.42 Å². The molecule has 4 aromatic rings. The van der Waals surface area contributed by atoms with Crippen LogP contribution in [0.3, 0.4) is 0 Å². The van der Waals surface area contributed by atoms with E-state index in [1.54, 1.807) is 24.4 Å². The number of rotatable bonds is 6. The number of thioether (sulfide) groups is 1. The molecule has 0 aliphatic carbocycles. The smallest absolute Gasteiger partial charge is 0.247 e. The van der Waals surface area contributed by atoms with E-state index < -0.39 is 0 Å². The maximum Gasteiger partial charge on any atom is 0.247 e. The third kappa shape index (κ3) is 4.64. The molecule has 0 aliphatic heterocycles. The maximum atomic E-state index is 9.75. The van der Waals surface area contributed by atoms with Gasteiger partial charge in [0.25, 0.3) is 0 Å². The topological polar surface area (TPSA) is 97.3 Å². The Labute approximate surface area is 176 Å². The van der Waals surface area contributed by atoms with Gasteiger partial charge in [0.15, 0.2) is 4.34 Å². The summed E-state index contributed by atoms with van der Waals surface area (Å²) in [4.78, 5) is 4.26. The van der Waals surface area contributed by atoms with Gasteiger partial charge in [0, 0.05) is 21.8 Å². The first kappa shape index (κ1) is 18.8. The molecule has 2 aromatic carbocycles. The van der Waals surface area contributed by atoms with Gasteiger partial charge in [-0.15, -0.1) is 20.4 Å². The fourth-order valence-electron chi connectivity index (χ4n) is 2.18. The van der Waals surface area contributed by atoms with Crippen molar-refractivity contribution >= 4 is 50.4 Å². The van der Waals surface area contributed by atoms with Gasteiger partial charge in [-0.2, -0.15) is 0 Å². The predicted octanol–water partition coefficient (Wildman–Crippen LogP) is 5.10. The van der Waals surface area contributed by atoms with Crippen LogP contribution in [-0.4, -0.2) is 31.7 Å². The first-order chi connectivity index (χ1) is 13.7. The molecule has 0 spiro atoms. The van der Waals surface area contributed by atoms with E-state index in [1.807, 2.05) is 30.3 Å². The molecule has 0 atom stereocenters. The minimum Gasteiger partial charge on any atom is -0.507 e. The van der Waals surface area contributed by atoms with Crippen LogP contribution in [0.2, 0.25) is 0 Å². The van der Waals surface area contributed by atoms with Crippen LogP contribution in [0, 0.1) is 0 Å². The normalized spacial score (nSPS) is 11.3. The molecule has 7 nitrogen and oxygen atoms in total. The summed E-state index contributed by atoms with van der Waals surface area (Å²) < 4.78 is 7.43. The summed E-state index contributed by atoms with van der Waals surface area (Å²) >= 11 is 6.20. The van der Waals surface area contributed by atoms with Crippen LogP contribution in [0.5, 0.6) is 5.75 Å². The molecule has 2 heterocycles. The van der Waals surface area contributed by atoms with Crippen LogP contribution in [0.15, 0.2) is 66.8 Å². The van der Waals surface area contributed by atoms with E-state index >= 15 is 0 Å². The summed E-state index contributed by atoms with van der Waals surface area (Å²) in [5, 5.41) is 26.5. The zero-order chi connectivity index (χ0) is 19.3. The zero-order valence-electron chi connectivity index (χ0n) is 14.2. The minimum atomic E-state index is 0.170. The van der Waals surface area contributed by atoms with Crippen molar-refractivity contribution in [2.45, 2.75) is 10.1 Å². The van der Waals surface area contributed by atoms with Gasteiger partial charge in [-0.25, -0.2) is 4.99 Å². The van der Waals surface area contributed by atoms with Crippen LogP contribution in [-0.2, 0) is 5.75 Å². The van der Waals surface area contributed by atoms with Crippen LogP contribution >= 0.6 is 39.0 Å². The van der Waals surface area contributed by atoms with Gasteiger partial charge in [-0.05, 0) is 36.4 Å². The Balaban J connectivity index is 1.37. The molecule has 4 rings (SSSR count). The summed E-state index contributed by atoms with van der Waals surface area (Å²) in [6.07, 6.45) is 1.56. The highest BCUT2D eigenvalue weighted by molar-refractivity contribution is 9.10. The minimum absolute atomic E-state index is 0.170. The Kier molecular flexibility index (Phi) is 5.79. The van der Waals surface area contributed by atoms with Crippen molar-refractivity contribution in [3.05, 3.63) is 64.5 Å². The number of para-hydroxylation sites is 1. The third-order valence-corrected chi connectivity index (χ3v) is 6.00. The average molecular weight is 474 g/mol. The SMILES string of the molecule is Oc1ccccc1C=Nc1nnc(SCc2nnc(-c3ccc(Br)cc3)o2)s1. The Bertz CT molecular complexity index is 1110. The molecule has 28 heavy (non-hydrogen) atoms. The second-order valence-corrected chi connectivity index (χ2v) is 8.56. The van der Waals surface area contributed by atoms with Crippen LogP contribution in [0.4, 0.5) is 5.13 Å². The quantitative estimate of drug-likeness (QED) is 0.307. The van der Waals surface area contributed by atoms with Crippen molar-refractivity contribution in [1.82, 2.24) is 20.4 Å². The highest BCUT2D eigenvalue weighted by atomic mass is 79.9. The van der Waals surface area contributed by atoms with Crippen LogP contribution in [0.1, 0.15) is 11.5 Å². The summed E-state index contributed by atoms with van der Waals surface area (Å²) in [6.45, 7) is 0. The molecule has 0 unspecified atom stereocenters. The van der Waals surface area contributed by atoms with Gasteiger partial charge < -0.3 is 9.52 Å². The molecule has 0 aliphatic rings. The number of phenols is 1. The van der Waals surface area contributed by atoms with Crippen molar-refractivity contribution in [2.75, 3.05) is 0 Å². The first-order valence-corrected chi connectivity index (χ1v) is 10.6. The van der Waals surface area contributed by atoms with Crippen molar-refractivity contribution in [3.63, 3.8) is 0 Å². The van der Waals surface area contributed by atoms with E-state index in [0.717, 1.165) is 14.4 Å². The van der Waals surface area contributed by atoms with E-state index in [1.165, 1.54) is 23.1 Å². The standard InChI is InChI=1S/C18H12BrN5O2S2/c19-13-7-5-11(6-8-13)16-22-21-15(26-16)10-27-18-24-23-17(28-18)20-9-12-3-1-2-4-14(12)25/h1-9,25H,10H2. The molecule has 0 fully saturated rings. The number of nitrogens with zero attached hydrogens (tertiary/aromatic N) is 5. The number of aromatic nitrogens is 4. The predicted molar refractivity (Wildman–Crippen MR) is 112 cm³/mol. The zero-order valence-corrected chi connectivity index (χ0v) is 17.4. The molecule has 0 amide bonds. The van der Waals surface area contributed by atoms with E-state index in [9.17, 15) is 5.11 Å². The van der Waals surface area contributed by atoms with Crippen LogP contribution < -0.4 is 0 Å². The number of hydrogen-bond donors (Lipinski definition) is 1. The maximum absolute atomic E-state index is 9.75. The Morgan fingerprint density at radius 1 is 1.07 bits per heavy atom. The second-order valence-electron chi connectivity index (χ2n) is 5.46. The largest absolute Gasteiger partial charge is 0.507 e. The number of halogens is 1. The van der Waals surface area contributed by atoms with Crippen molar-refractivity contribution in [1.29, 1.82) is 0 Å². The lowest BCUT2D eigenvalue weighted by Gasteiger charge is -1.95. The molecule has 0 saturated heterocycles. The molecular weight excluding hydrogens is 462 g/mol. The van der Waals surface area contributed by atoms with Gasteiger partial charge in [0.2, 0.25) is 16.9 Å². The Morgan fingerprint density at radius 2 is 1.89 bits per heavy atom. The summed E-state index contributed by atoms with van der Waals surface area (Å²) in [6, 6.07) is 14.6. The number of phenolic OH excluding ortho intramolecular Hbond substituents is 1. The Morgan fingerprint density at radius 3 is 2.71 bits per heavy atom. The molecule has 2 aromatic heterocycles. The monoisotopic (exact) mass is 473 g/mol. The number of aliphatic imine (C=N–C) groups is 1. The lowest BCUT2D eigenvalue weighted by molar-refractivity contribution is 0.474.